The Bertz CT molecular complexity index is 599. The normalized spacial score (nSPS) is 10.3. The minimum absolute atomic E-state index is 0.100. The van der Waals surface area contributed by atoms with Crippen LogP contribution in [0.3, 0.4) is 0 Å². The Labute approximate surface area is 117 Å². The van der Waals surface area contributed by atoms with Crippen LogP contribution in [0.4, 0.5) is 14.5 Å². The molecular formula is C14H10BrF2NO. The van der Waals surface area contributed by atoms with Crippen LogP contribution in [-0.2, 0) is 11.2 Å². The highest BCUT2D eigenvalue weighted by molar-refractivity contribution is 9.10. The molecule has 2 rings (SSSR count). The third-order valence-corrected chi connectivity index (χ3v) is 3.01. The van der Waals surface area contributed by atoms with Crippen molar-refractivity contribution in [3.8, 4) is 0 Å². The molecule has 0 heterocycles. The number of nitrogens with one attached hydrogen (secondary N) is 1. The van der Waals surface area contributed by atoms with E-state index in [4.69, 9.17) is 0 Å². The molecule has 0 saturated heterocycles. The van der Waals surface area contributed by atoms with E-state index in [1.165, 1.54) is 0 Å². The molecule has 0 spiro atoms. The zero-order chi connectivity index (χ0) is 13.8. The lowest BCUT2D eigenvalue weighted by molar-refractivity contribution is -0.115. The lowest BCUT2D eigenvalue weighted by atomic mass is 10.1. The monoisotopic (exact) mass is 325 g/mol. The van der Waals surface area contributed by atoms with Gasteiger partial charge in [-0.05, 0) is 29.8 Å². The summed E-state index contributed by atoms with van der Waals surface area (Å²) in [5.74, 6) is -1.65. The van der Waals surface area contributed by atoms with Gasteiger partial charge in [-0.1, -0.05) is 28.1 Å². The molecule has 0 unspecified atom stereocenters. The maximum absolute atomic E-state index is 13.3. The Morgan fingerprint density at radius 2 is 1.79 bits per heavy atom. The average Bonchev–Trinajstić information content (AvgIpc) is 2.37. The Morgan fingerprint density at radius 1 is 1.11 bits per heavy atom. The summed E-state index contributed by atoms with van der Waals surface area (Å²) in [6.07, 6.45) is 0.100. The van der Waals surface area contributed by atoms with Crippen molar-refractivity contribution >= 4 is 27.5 Å². The molecule has 0 aliphatic rings. The summed E-state index contributed by atoms with van der Waals surface area (Å²) >= 11 is 3.29. The first-order valence-electron chi connectivity index (χ1n) is 5.54. The fourth-order valence-electron chi connectivity index (χ4n) is 1.58. The molecule has 0 fully saturated rings. The van der Waals surface area contributed by atoms with Crippen molar-refractivity contribution in [2.45, 2.75) is 6.42 Å². The van der Waals surface area contributed by atoms with Crippen LogP contribution in [-0.4, -0.2) is 5.91 Å². The van der Waals surface area contributed by atoms with Crippen molar-refractivity contribution in [3.05, 3.63) is 64.1 Å². The van der Waals surface area contributed by atoms with Gasteiger partial charge in [0.15, 0.2) is 0 Å². The zero-order valence-corrected chi connectivity index (χ0v) is 11.4. The first-order chi connectivity index (χ1) is 9.04. The molecule has 0 bridgehead atoms. The van der Waals surface area contributed by atoms with Gasteiger partial charge in [-0.15, -0.1) is 0 Å². The molecule has 98 valence electrons. The van der Waals surface area contributed by atoms with Gasteiger partial charge < -0.3 is 5.32 Å². The van der Waals surface area contributed by atoms with E-state index in [1.807, 2.05) is 12.1 Å². The van der Waals surface area contributed by atoms with Gasteiger partial charge in [0.05, 0.1) is 12.1 Å². The molecule has 0 radical (unpaired) electrons. The van der Waals surface area contributed by atoms with Crippen molar-refractivity contribution < 1.29 is 13.6 Å². The number of carbonyl (C=O) groups is 1. The summed E-state index contributed by atoms with van der Waals surface area (Å²) in [6, 6.07) is 10.1. The highest BCUT2D eigenvalue weighted by Crippen LogP contribution is 2.16. The Hall–Kier alpha value is -1.75. The van der Waals surface area contributed by atoms with E-state index in [2.05, 4.69) is 21.2 Å². The van der Waals surface area contributed by atoms with Gasteiger partial charge in [-0.2, -0.15) is 0 Å². The van der Waals surface area contributed by atoms with E-state index in [-0.39, 0.29) is 12.1 Å². The van der Waals surface area contributed by atoms with Crippen LogP contribution >= 0.6 is 15.9 Å². The number of carbonyl (C=O) groups excluding carboxylic acids is 1. The van der Waals surface area contributed by atoms with Crippen molar-refractivity contribution in [1.82, 2.24) is 0 Å². The van der Waals surface area contributed by atoms with Gasteiger partial charge >= 0.3 is 0 Å². The fraction of sp³-hybridized carbons (Fsp3) is 0.0714. The molecule has 0 aliphatic heterocycles. The second-order valence-electron chi connectivity index (χ2n) is 3.98. The van der Waals surface area contributed by atoms with Crippen LogP contribution in [0.1, 0.15) is 5.56 Å². The number of benzene rings is 2. The SMILES string of the molecule is O=C(Cc1ccc(Br)cc1)Nc1cc(F)ccc1F. The summed E-state index contributed by atoms with van der Waals surface area (Å²) in [7, 11) is 0. The number of hydrogen-bond donors (Lipinski definition) is 1. The van der Waals surface area contributed by atoms with E-state index in [0.717, 1.165) is 28.2 Å². The van der Waals surface area contributed by atoms with Crippen molar-refractivity contribution in [1.29, 1.82) is 0 Å². The smallest absolute Gasteiger partial charge is 0.228 e. The summed E-state index contributed by atoms with van der Waals surface area (Å²) in [5, 5.41) is 2.35. The molecule has 1 N–H and O–H groups in total. The fourth-order valence-corrected chi connectivity index (χ4v) is 1.84. The third kappa shape index (κ3) is 3.86. The summed E-state index contributed by atoms with van der Waals surface area (Å²) in [4.78, 5) is 11.7. The zero-order valence-electron chi connectivity index (χ0n) is 9.79. The molecule has 2 aromatic carbocycles. The summed E-state index contributed by atoms with van der Waals surface area (Å²) < 4.78 is 27.2. The molecule has 1 amide bonds. The predicted molar refractivity (Wildman–Crippen MR) is 72.8 cm³/mol. The number of halogens is 3. The molecule has 0 aromatic heterocycles. The van der Waals surface area contributed by atoms with Gasteiger partial charge in [-0.3, -0.25) is 4.79 Å². The van der Waals surface area contributed by atoms with Crippen LogP contribution in [0.25, 0.3) is 0 Å². The molecule has 2 nitrogen and oxygen atoms in total. The number of anilines is 1. The van der Waals surface area contributed by atoms with Crippen LogP contribution < -0.4 is 5.32 Å². The summed E-state index contributed by atoms with van der Waals surface area (Å²) in [6.45, 7) is 0. The van der Waals surface area contributed by atoms with Gasteiger partial charge in [-0.25, -0.2) is 8.78 Å². The molecule has 5 heteroatoms. The molecule has 0 saturated carbocycles. The van der Waals surface area contributed by atoms with E-state index in [0.29, 0.717) is 0 Å². The van der Waals surface area contributed by atoms with Crippen LogP contribution in [0.15, 0.2) is 46.9 Å². The maximum Gasteiger partial charge on any atom is 0.228 e. The molecule has 2 aromatic rings. The van der Waals surface area contributed by atoms with Crippen molar-refractivity contribution in [3.63, 3.8) is 0 Å². The second-order valence-corrected chi connectivity index (χ2v) is 4.89. The van der Waals surface area contributed by atoms with E-state index in [1.54, 1.807) is 12.1 Å². The molecule has 19 heavy (non-hydrogen) atoms. The molecule has 0 aliphatic carbocycles. The largest absolute Gasteiger partial charge is 0.323 e. The first kappa shape index (κ1) is 13.7. The van der Waals surface area contributed by atoms with Gasteiger partial charge in [0.25, 0.3) is 0 Å². The van der Waals surface area contributed by atoms with E-state index < -0.39 is 17.5 Å². The van der Waals surface area contributed by atoms with Crippen LogP contribution in [0.2, 0.25) is 0 Å². The van der Waals surface area contributed by atoms with E-state index in [9.17, 15) is 13.6 Å². The highest BCUT2D eigenvalue weighted by Gasteiger charge is 2.08. The van der Waals surface area contributed by atoms with Crippen molar-refractivity contribution in [2.75, 3.05) is 5.32 Å². The minimum Gasteiger partial charge on any atom is -0.323 e. The summed E-state index contributed by atoms with van der Waals surface area (Å²) in [5.41, 5.74) is 0.639. The predicted octanol–water partition coefficient (Wildman–Crippen LogP) is 3.91. The quantitative estimate of drug-likeness (QED) is 0.910. The first-order valence-corrected chi connectivity index (χ1v) is 6.33. The lowest BCUT2D eigenvalue weighted by Gasteiger charge is -2.06. The highest BCUT2D eigenvalue weighted by atomic mass is 79.9. The molecule has 0 atom stereocenters. The van der Waals surface area contributed by atoms with Crippen LogP contribution in [0, 0.1) is 11.6 Å². The van der Waals surface area contributed by atoms with Crippen LogP contribution in [0.5, 0.6) is 0 Å². The van der Waals surface area contributed by atoms with Crippen molar-refractivity contribution in [2.24, 2.45) is 0 Å². The Morgan fingerprint density at radius 3 is 2.47 bits per heavy atom. The number of rotatable bonds is 3. The number of amides is 1. The second kappa shape index (κ2) is 5.93. The third-order valence-electron chi connectivity index (χ3n) is 2.48. The molecular weight excluding hydrogens is 316 g/mol. The Balaban J connectivity index is 2.05. The number of hydrogen-bond acceptors (Lipinski definition) is 1. The van der Waals surface area contributed by atoms with Gasteiger partial charge in [0.1, 0.15) is 11.6 Å². The van der Waals surface area contributed by atoms with Gasteiger partial charge in [0.2, 0.25) is 5.91 Å². The maximum atomic E-state index is 13.3. The topological polar surface area (TPSA) is 29.1 Å². The minimum atomic E-state index is -0.662. The average molecular weight is 326 g/mol. The van der Waals surface area contributed by atoms with Gasteiger partial charge in [0, 0.05) is 10.5 Å². The Kier molecular flexibility index (Phi) is 4.27. The standard InChI is InChI=1S/C14H10BrF2NO/c15-10-3-1-9(2-4-10)7-14(19)18-13-8-11(16)5-6-12(13)17/h1-6,8H,7H2,(H,18,19). The van der Waals surface area contributed by atoms with E-state index >= 15 is 0 Å². The lowest BCUT2D eigenvalue weighted by Crippen LogP contribution is -2.15.